The first-order chi connectivity index (χ1) is 9.25. The lowest BCUT2D eigenvalue weighted by Gasteiger charge is -2.29. The first-order valence-corrected chi connectivity index (χ1v) is 6.03. The third kappa shape index (κ3) is 6.78. The first kappa shape index (κ1) is 18.7. The Morgan fingerprint density at radius 2 is 1.95 bits per heavy atom. The molecular formula is C11H21NO8. The number of hydrogen-bond donors (Lipinski definition) is 6. The number of hydrogen-bond acceptors (Lipinski definition) is 7. The van der Waals surface area contributed by atoms with Gasteiger partial charge in [0.2, 0.25) is 5.91 Å². The average molecular weight is 295 g/mol. The van der Waals surface area contributed by atoms with Crippen LogP contribution in [0.4, 0.5) is 0 Å². The van der Waals surface area contributed by atoms with Gasteiger partial charge in [0, 0.05) is 32.9 Å². The fourth-order valence-electron chi connectivity index (χ4n) is 1.45. The van der Waals surface area contributed by atoms with E-state index >= 15 is 0 Å². The van der Waals surface area contributed by atoms with Gasteiger partial charge in [0.1, 0.15) is 0 Å². The highest BCUT2D eigenvalue weighted by atomic mass is 16.7. The lowest BCUT2D eigenvalue weighted by molar-refractivity contribution is -0.246. The Labute approximate surface area is 115 Å². The van der Waals surface area contributed by atoms with Gasteiger partial charge in [0.15, 0.2) is 0 Å². The summed E-state index contributed by atoms with van der Waals surface area (Å²) in [4.78, 5) is 21.8. The highest BCUT2D eigenvalue weighted by Crippen LogP contribution is 2.17. The average Bonchev–Trinajstić information content (AvgIpc) is 2.35. The summed E-state index contributed by atoms with van der Waals surface area (Å²) in [5.41, 5.74) is 0. The van der Waals surface area contributed by atoms with E-state index in [4.69, 9.17) is 20.1 Å². The van der Waals surface area contributed by atoms with Crippen LogP contribution in [0.5, 0.6) is 0 Å². The second-order valence-electron chi connectivity index (χ2n) is 4.31. The molecule has 9 heteroatoms. The van der Waals surface area contributed by atoms with Crippen molar-refractivity contribution in [1.29, 1.82) is 0 Å². The van der Waals surface area contributed by atoms with Gasteiger partial charge in [0.05, 0.1) is 18.8 Å². The quantitative estimate of drug-likeness (QED) is 0.240. The Kier molecular flexibility index (Phi) is 8.26. The highest BCUT2D eigenvalue weighted by Gasteiger charge is 2.39. The van der Waals surface area contributed by atoms with Crippen LogP contribution in [0.2, 0.25) is 0 Å². The SMILES string of the molecule is CC(=O)NCC(C[C@H](O)CO)O[C@](O)(CCO)C(=O)O. The molecule has 0 spiro atoms. The van der Waals surface area contributed by atoms with E-state index in [0.29, 0.717) is 0 Å². The molecule has 20 heavy (non-hydrogen) atoms. The summed E-state index contributed by atoms with van der Waals surface area (Å²) in [7, 11) is 0. The van der Waals surface area contributed by atoms with Crippen LogP contribution in [0.25, 0.3) is 0 Å². The van der Waals surface area contributed by atoms with E-state index in [1.54, 1.807) is 0 Å². The van der Waals surface area contributed by atoms with Gasteiger partial charge in [-0.1, -0.05) is 0 Å². The van der Waals surface area contributed by atoms with Crippen molar-refractivity contribution in [1.82, 2.24) is 5.32 Å². The van der Waals surface area contributed by atoms with Gasteiger partial charge >= 0.3 is 5.97 Å². The van der Waals surface area contributed by atoms with Crippen LogP contribution in [0.15, 0.2) is 0 Å². The normalized spacial score (nSPS) is 17.1. The van der Waals surface area contributed by atoms with E-state index in [9.17, 15) is 19.8 Å². The van der Waals surface area contributed by atoms with Gasteiger partial charge in [-0.2, -0.15) is 0 Å². The third-order valence-electron chi connectivity index (χ3n) is 2.47. The molecule has 118 valence electrons. The second-order valence-corrected chi connectivity index (χ2v) is 4.31. The molecule has 1 unspecified atom stereocenters. The zero-order valence-electron chi connectivity index (χ0n) is 11.2. The molecule has 0 aliphatic heterocycles. The molecule has 0 aromatic rings. The molecule has 0 radical (unpaired) electrons. The van der Waals surface area contributed by atoms with Gasteiger partial charge in [-0.15, -0.1) is 0 Å². The molecule has 9 nitrogen and oxygen atoms in total. The van der Waals surface area contributed by atoms with Crippen molar-refractivity contribution < 1.29 is 39.9 Å². The minimum absolute atomic E-state index is 0.159. The highest BCUT2D eigenvalue weighted by molar-refractivity contribution is 5.75. The molecule has 0 aliphatic rings. The van der Waals surface area contributed by atoms with Crippen molar-refractivity contribution in [2.24, 2.45) is 0 Å². The summed E-state index contributed by atoms with van der Waals surface area (Å²) in [5, 5.41) is 47.9. The smallest absolute Gasteiger partial charge is 0.364 e. The Balaban J connectivity index is 4.81. The molecule has 0 aromatic heterocycles. The first-order valence-electron chi connectivity index (χ1n) is 6.03. The maximum absolute atomic E-state index is 11.0. The van der Waals surface area contributed by atoms with E-state index < -0.39 is 49.5 Å². The summed E-state index contributed by atoms with van der Waals surface area (Å²) < 4.78 is 4.97. The van der Waals surface area contributed by atoms with Crippen LogP contribution >= 0.6 is 0 Å². The second kappa shape index (κ2) is 8.82. The number of aliphatic hydroxyl groups is 4. The number of aliphatic hydroxyl groups excluding tert-OH is 3. The Morgan fingerprint density at radius 3 is 2.35 bits per heavy atom. The van der Waals surface area contributed by atoms with Crippen molar-refractivity contribution in [2.45, 2.75) is 37.8 Å². The minimum atomic E-state index is -2.63. The van der Waals surface area contributed by atoms with E-state index in [1.807, 2.05) is 0 Å². The van der Waals surface area contributed by atoms with E-state index in [-0.39, 0.29) is 13.0 Å². The van der Waals surface area contributed by atoms with Crippen LogP contribution in [-0.2, 0) is 14.3 Å². The predicted octanol–water partition coefficient (Wildman–Crippen LogP) is -2.59. The number of carboxylic acids is 1. The van der Waals surface area contributed by atoms with Gasteiger partial charge in [-0.3, -0.25) is 4.79 Å². The standard InChI is InChI=1S/C11H21NO8/c1-7(15)12-5-9(4-8(16)6-14)20-11(19,2-3-13)10(17)18/h8-9,13-14,16,19H,2-6H2,1H3,(H,12,15)(H,17,18)/t8-,9?,11+/m0/s1. The topological polar surface area (TPSA) is 157 Å². The third-order valence-corrected chi connectivity index (χ3v) is 2.47. The van der Waals surface area contributed by atoms with E-state index in [1.165, 1.54) is 6.92 Å². The zero-order chi connectivity index (χ0) is 15.8. The van der Waals surface area contributed by atoms with E-state index in [2.05, 4.69) is 5.32 Å². The number of carbonyl (C=O) groups excluding carboxylic acids is 1. The van der Waals surface area contributed by atoms with Crippen molar-refractivity contribution in [3.05, 3.63) is 0 Å². The molecule has 0 saturated heterocycles. The lowest BCUT2D eigenvalue weighted by Crippen LogP contribution is -2.48. The summed E-state index contributed by atoms with van der Waals surface area (Å²) in [6, 6.07) is 0. The number of aliphatic carboxylic acids is 1. The van der Waals surface area contributed by atoms with Crippen LogP contribution in [0, 0.1) is 0 Å². The fourth-order valence-corrected chi connectivity index (χ4v) is 1.45. The Morgan fingerprint density at radius 1 is 1.35 bits per heavy atom. The summed E-state index contributed by atoms with van der Waals surface area (Å²) >= 11 is 0. The zero-order valence-corrected chi connectivity index (χ0v) is 11.2. The molecule has 6 N–H and O–H groups in total. The van der Waals surface area contributed by atoms with Gasteiger partial charge in [-0.25, -0.2) is 4.79 Å². The molecule has 0 aliphatic carbocycles. The maximum Gasteiger partial charge on any atom is 0.364 e. The molecule has 0 bridgehead atoms. The van der Waals surface area contributed by atoms with Crippen LogP contribution in [-0.4, -0.2) is 75.2 Å². The number of carbonyl (C=O) groups is 2. The Hall–Kier alpha value is -1.26. The van der Waals surface area contributed by atoms with Crippen molar-refractivity contribution in [3.8, 4) is 0 Å². The maximum atomic E-state index is 11.0. The molecule has 3 atom stereocenters. The van der Waals surface area contributed by atoms with Crippen LogP contribution in [0.3, 0.4) is 0 Å². The molecule has 0 aromatic carbocycles. The van der Waals surface area contributed by atoms with Crippen LogP contribution in [0.1, 0.15) is 19.8 Å². The fraction of sp³-hybridized carbons (Fsp3) is 0.818. The molecule has 0 fully saturated rings. The Bertz CT molecular complexity index is 324. The van der Waals surface area contributed by atoms with Crippen molar-refractivity contribution in [2.75, 3.05) is 19.8 Å². The molecule has 1 amide bonds. The van der Waals surface area contributed by atoms with Gasteiger partial charge in [0.25, 0.3) is 5.79 Å². The number of rotatable bonds is 10. The van der Waals surface area contributed by atoms with Gasteiger partial charge < -0.3 is 35.6 Å². The van der Waals surface area contributed by atoms with Crippen LogP contribution < -0.4 is 5.32 Å². The van der Waals surface area contributed by atoms with Gasteiger partial charge in [-0.05, 0) is 0 Å². The summed E-state index contributed by atoms with van der Waals surface area (Å²) in [6.07, 6.45) is -3.01. The molecular weight excluding hydrogens is 274 g/mol. The summed E-state index contributed by atoms with van der Waals surface area (Å²) in [6.45, 7) is -0.131. The monoisotopic (exact) mass is 295 g/mol. The minimum Gasteiger partial charge on any atom is -0.477 e. The predicted molar refractivity (Wildman–Crippen MR) is 65.6 cm³/mol. The molecule has 0 saturated carbocycles. The largest absolute Gasteiger partial charge is 0.477 e. The molecule has 0 heterocycles. The molecule has 0 rings (SSSR count). The summed E-state index contributed by atoms with van der Waals surface area (Å²) in [5.74, 6) is -4.73. The van der Waals surface area contributed by atoms with Crippen molar-refractivity contribution in [3.63, 3.8) is 0 Å². The number of amides is 1. The lowest BCUT2D eigenvalue weighted by atomic mass is 10.1. The number of nitrogens with one attached hydrogen (secondary N) is 1. The number of ether oxygens (including phenoxy) is 1. The van der Waals surface area contributed by atoms with E-state index in [0.717, 1.165) is 0 Å². The van der Waals surface area contributed by atoms with Crippen molar-refractivity contribution >= 4 is 11.9 Å². The number of carboxylic acid groups (broad SMARTS) is 1.